The number of nitrogens with zero attached hydrogens (tertiary/aromatic N) is 3. The van der Waals surface area contributed by atoms with Gasteiger partial charge in [0.25, 0.3) is 0 Å². The van der Waals surface area contributed by atoms with E-state index in [1.807, 2.05) is 0 Å². The number of rotatable bonds is 4. The predicted molar refractivity (Wildman–Crippen MR) is 62.1 cm³/mol. The first-order valence-electron chi connectivity index (χ1n) is 5.61. The summed E-state index contributed by atoms with van der Waals surface area (Å²) in [5, 5.41) is 0. The van der Waals surface area contributed by atoms with Crippen LogP contribution in [0.3, 0.4) is 0 Å². The van der Waals surface area contributed by atoms with Gasteiger partial charge in [-0.2, -0.15) is 0 Å². The normalized spacial score (nSPS) is 14.2. The number of anilines is 1. The molecule has 16 heavy (non-hydrogen) atoms. The average Bonchev–Trinajstić information content (AvgIpc) is 2.73. The van der Waals surface area contributed by atoms with Gasteiger partial charge in [0.05, 0.1) is 18.9 Å². The number of hydrogen-bond acceptors (Lipinski definition) is 5. The van der Waals surface area contributed by atoms with Crippen molar-refractivity contribution >= 4 is 5.82 Å². The lowest BCUT2D eigenvalue weighted by molar-refractivity contribution is 0.133. The monoisotopic (exact) mass is 222 g/mol. The van der Waals surface area contributed by atoms with E-state index in [1.165, 1.54) is 0 Å². The van der Waals surface area contributed by atoms with E-state index in [0.29, 0.717) is 25.8 Å². The van der Waals surface area contributed by atoms with Crippen LogP contribution < -0.4 is 10.6 Å². The van der Waals surface area contributed by atoms with Gasteiger partial charge in [-0.05, 0) is 13.8 Å². The van der Waals surface area contributed by atoms with E-state index < -0.39 is 0 Å². The first-order valence-corrected chi connectivity index (χ1v) is 5.61. The molecule has 2 rings (SSSR count). The van der Waals surface area contributed by atoms with Gasteiger partial charge in [-0.1, -0.05) is 0 Å². The fraction of sp³-hybridized carbons (Fsp3) is 0.636. The Labute approximate surface area is 95.6 Å². The van der Waals surface area contributed by atoms with Crippen molar-refractivity contribution < 1.29 is 4.74 Å². The number of hydrogen-bond donors (Lipinski definition) is 1. The van der Waals surface area contributed by atoms with Crippen LogP contribution in [0.25, 0.3) is 0 Å². The third kappa shape index (κ3) is 2.01. The summed E-state index contributed by atoms with van der Waals surface area (Å²) in [6.07, 6.45) is 1.61. The summed E-state index contributed by atoms with van der Waals surface area (Å²) in [4.78, 5) is 10.8. The Morgan fingerprint density at radius 2 is 2.25 bits per heavy atom. The van der Waals surface area contributed by atoms with Crippen LogP contribution in [0.5, 0.6) is 0 Å². The highest BCUT2D eigenvalue weighted by molar-refractivity contribution is 5.49. The van der Waals surface area contributed by atoms with E-state index in [2.05, 4.69) is 28.7 Å². The summed E-state index contributed by atoms with van der Waals surface area (Å²) in [5.74, 6) is 0.975. The summed E-state index contributed by atoms with van der Waals surface area (Å²) in [6, 6.07) is 0.378. The molecule has 1 aliphatic heterocycles. The highest BCUT2D eigenvalue weighted by Gasteiger charge is 2.22. The van der Waals surface area contributed by atoms with Gasteiger partial charge in [0.15, 0.2) is 0 Å². The van der Waals surface area contributed by atoms with E-state index in [-0.39, 0.29) is 0 Å². The highest BCUT2D eigenvalue weighted by atomic mass is 16.5. The van der Waals surface area contributed by atoms with E-state index in [9.17, 15) is 0 Å². The van der Waals surface area contributed by atoms with E-state index in [1.54, 1.807) is 6.33 Å². The fourth-order valence-electron chi connectivity index (χ4n) is 1.96. The second kappa shape index (κ2) is 4.76. The maximum Gasteiger partial charge on any atom is 0.138 e. The van der Waals surface area contributed by atoms with Crippen LogP contribution in [0.15, 0.2) is 6.33 Å². The molecule has 1 aliphatic rings. The Kier molecular flexibility index (Phi) is 3.36. The fourth-order valence-corrected chi connectivity index (χ4v) is 1.96. The molecule has 0 bridgehead atoms. The second-order valence-electron chi connectivity index (χ2n) is 4.19. The second-order valence-corrected chi connectivity index (χ2v) is 4.19. The van der Waals surface area contributed by atoms with Crippen LogP contribution in [-0.2, 0) is 18.0 Å². The number of nitrogens with two attached hydrogens (primary N) is 1. The molecule has 0 saturated heterocycles. The Balaban J connectivity index is 2.34. The van der Waals surface area contributed by atoms with E-state index >= 15 is 0 Å². The molecule has 0 amide bonds. The van der Waals surface area contributed by atoms with Crippen LogP contribution in [0.1, 0.15) is 25.1 Å². The Morgan fingerprint density at radius 1 is 1.44 bits per heavy atom. The molecular formula is C11H18N4O. The van der Waals surface area contributed by atoms with Crippen molar-refractivity contribution in [3.8, 4) is 0 Å². The standard InChI is InChI=1S/C11H18N4O/c1-8(2)15(4-3-12)11-9-5-16-6-10(9)13-7-14-11/h7-8H,3-6,12H2,1-2H3. The third-order valence-corrected chi connectivity index (χ3v) is 2.76. The molecular weight excluding hydrogens is 204 g/mol. The van der Waals surface area contributed by atoms with Gasteiger partial charge in [0.1, 0.15) is 12.1 Å². The lowest BCUT2D eigenvalue weighted by Gasteiger charge is -2.28. The summed E-state index contributed by atoms with van der Waals surface area (Å²) >= 11 is 0. The maximum absolute atomic E-state index is 5.63. The number of ether oxygens (including phenoxy) is 1. The van der Waals surface area contributed by atoms with Crippen molar-refractivity contribution in [2.75, 3.05) is 18.0 Å². The molecule has 5 nitrogen and oxygen atoms in total. The summed E-state index contributed by atoms with van der Waals surface area (Å²) in [7, 11) is 0. The summed E-state index contributed by atoms with van der Waals surface area (Å²) in [5.41, 5.74) is 7.76. The molecule has 0 radical (unpaired) electrons. The lowest BCUT2D eigenvalue weighted by Crippen LogP contribution is -2.36. The van der Waals surface area contributed by atoms with Crippen LogP contribution in [-0.4, -0.2) is 29.1 Å². The van der Waals surface area contributed by atoms with Crippen molar-refractivity contribution in [1.29, 1.82) is 0 Å². The van der Waals surface area contributed by atoms with Gasteiger partial charge >= 0.3 is 0 Å². The Bertz CT molecular complexity index is 367. The minimum absolute atomic E-state index is 0.378. The van der Waals surface area contributed by atoms with Crippen molar-refractivity contribution in [3.05, 3.63) is 17.6 Å². The first kappa shape index (κ1) is 11.3. The molecule has 88 valence electrons. The zero-order chi connectivity index (χ0) is 11.5. The summed E-state index contributed by atoms with van der Waals surface area (Å²) < 4.78 is 5.40. The SMILES string of the molecule is CC(C)N(CCN)c1ncnc2c1COC2. The zero-order valence-corrected chi connectivity index (χ0v) is 9.81. The van der Waals surface area contributed by atoms with Crippen LogP contribution in [0, 0.1) is 0 Å². The van der Waals surface area contributed by atoms with Gasteiger partial charge in [-0.25, -0.2) is 9.97 Å². The Hall–Kier alpha value is -1.20. The highest BCUT2D eigenvalue weighted by Crippen LogP contribution is 2.27. The van der Waals surface area contributed by atoms with Crippen molar-refractivity contribution in [1.82, 2.24) is 9.97 Å². The molecule has 0 aromatic carbocycles. The predicted octanol–water partition coefficient (Wildman–Crippen LogP) is 0.680. The zero-order valence-electron chi connectivity index (χ0n) is 9.81. The average molecular weight is 222 g/mol. The molecule has 1 aromatic rings. The number of aromatic nitrogens is 2. The minimum Gasteiger partial charge on any atom is -0.370 e. The van der Waals surface area contributed by atoms with Crippen molar-refractivity contribution in [2.45, 2.75) is 33.1 Å². The van der Waals surface area contributed by atoms with E-state index in [0.717, 1.165) is 23.6 Å². The van der Waals surface area contributed by atoms with Crippen LogP contribution in [0.2, 0.25) is 0 Å². The van der Waals surface area contributed by atoms with Crippen molar-refractivity contribution in [2.24, 2.45) is 5.73 Å². The van der Waals surface area contributed by atoms with Gasteiger partial charge in [-0.15, -0.1) is 0 Å². The van der Waals surface area contributed by atoms with Crippen LogP contribution in [0.4, 0.5) is 5.82 Å². The summed E-state index contributed by atoms with van der Waals surface area (Å²) in [6.45, 7) is 6.91. The molecule has 1 aromatic heterocycles. The van der Waals surface area contributed by atoms with Gasteiger partial charge in [0.2, 0.25) is 0 Å². The van der Waals surface area contributed by atoms with Gasteiger partial charge in [-0.3, -0.25) is 0 Å². The van der Waals surface area contributed by atoms with E-state index in [4.69, 9.17) is 10.5 Å². The quantitative estimate of drug-likeness (QED) is 0.811. The van der Waals surface area contributed by atoms with Crippen LogP contribution >= 0.6 is 0 Å². The molecule has 0 fully saturated rings. The topological polar surface area (TPSA) is 64.3 Å². The molecule has 2 N–H and O–H groups in total. The molecule has 0 atom stereocenters. The molecule has 5 heteroatoms. The van der Waals surface area contributed by atoms with Gasteiger partial charge < -0.3 is 15.4 Å². The molecule has 0 aliphatic carbocycles. The molecule has 2 heterocycles. The minimum atomic E-state index is 0.378. The lowest BCUT2D eigenvalue weighted by atomic mass is 10.2. The van der Waals surface area contributed by atoms with Gasteiger partial charge in [0, 0.05) is 24.7 Å². The molecule has 0 saturated carbocycles. The smallest absolute Gasteiger partial charge is 0.138 e. The first-order chi connectivity index (χ1) is 7.74. The third-order valence-electron chi connectivity index (χ3n) is 2.76. The Morgan fingerprint density at radius 3 is 2.94 bits per heavy atom. The maximum atomic E-state index is 5.63. The molecule has 0 spiro atoms. The number of fused-ring (bicyclic) bond motifs is 1. The molecule has 0 unspecified atom stereocenters. The largest absolute Gasteiger partial charge is 0.370 e. The van der Waals surface area contributed by atoms with Crippen molar-refractivity contribution in [3.63, 3.8) is 0 Å².